The minimum atomic E-state index is -1.19. The molecule has 0 saturated carbocycles. The van der Waals surface area contributed by atoms with E-state index in [1.54, 1.807) is 54.5 Å². The van der Waals surface area contributed by atoms with Crippen LogP contribution < -0.4 is 10.2 Å². The van der Waals surface area contributed by atoms with Crippen molar-refractivity contribution in [1.29, 1.82) is 0 Å². The zero-order chi connectivity index (χ0) is 23.0. The lowest BCUT2D eigenvalue weighted by Gasteiger charge is -2.44. The molecule has 7 heteroatoms. The van der Waals surface area contributed by atoms with Crippen LogP contribution in [0.2, 0.25) is 5.02 Å². The molecule has 5 rings (SSSR count). The summed E-state index contributed by atoms with van der Waals surface area (Å²) < 4.78 is 7.43. The molecule has 0 saturated heterocycles. The largest absolute Gasteiger partial charge is 0.463 e. The lowest BCUT2D eigenvalue weighted by molar-refractivity contribution is -0.126. The zero-order valence-corrected chi connectivity index (χ0v) is 18.8. The van der Waals surface area contributed by atoms with E-state index in [1.807, 2.05) is 47.0 Å². The summed E-state index contributed by atoms with van der Waals surface area (Å²) in [5.74, 6) is 0.124. The lowest BCUT2D eigenvalue weighted by atomic mass is 9.93. The maximum Gasteiger partial charge on any atom is 0.275 e. The molecule has 33 heavy (non-hydrogen) atoms. The molecule has 6 nitrogen and oxygen atoms in total. The molecule has 1 atom stereocenters. The molecule has 166 valence electrons. The molecule has 0 aliphatic carbocycles. The molecule has 1 aliphatic rings. The van der Waals surface area contributed by atoms with Gasteiger partial charge in [-0.2, -0.15) is 0 Å². The Morgan fingerprint density at radius 1 is 1.00 bits per heavy atom. The number of carbonyl (C=O) groups is 2. The van der Waals surface area contributed by atoms with E-state index in [1.165, 1.54) is 0 Å². The Kier molecular flexibility index (Phi) is 5.30. The molecule has 1 N–H and O–H groups in total. The maximum atomic E-state index is 13.7. The highest BCUT2D eigenvalue weighted by atomic mass is 35.5. The fourth-order valence-corrected chi connectivity index (χ4v) is 4.44. The molecule has 1 aliphatic heterocycles. The summed E-state index contributed by atoms with van der Waals surface area (Å²) in [6.45, 7) is 2.41. The molecule has 2 aromatic carbocycles. The Labute approximate surface area is 196 Å². The number of halogens is 1. The van der Waals surface area contributed by atoms with Crippen LogP contribution in [0.4, 0.5) is 5.69 Å². The number of nitrogens with zero attached hydrogens (tertiary/aromatic N) is 2. The normalized spacial score (nSPS) is 17.6. The average molecular weight is 460 g/mol. The summed E-state index contributed by atoms with van der Waals surface area (Å²) >= 11 is 6.08. The number of carbonyl (C=O) groups excluding carboxylic acids is 2. The molecule has 2 amide bonds. The van der Waals surface area contributed by atoms with Crippen molar-refractivity contribution in [3.05, 3.63) is 101 Å². The fourth-order valence-electron chi connectivity index (χ4n) is 4.32. The van der Waals surface area contributed by atoms with Gasteiger partial charge in [-0.1, -0.05) is 41.9 Å². The minimum Gasteiger partial charge on any atom is -0.463 e. The number of rotatable bonds is 5. The van der Waals surface area contributed by atoms with Gasteiger partial charge in [-0.3, -0.25) is 14.5 Å². The monoisotopic (exact) mass is 459 g/mol. The van der Waals surface area contributed by atoms with Gasteiger partial charge in [0.15, 0.2) is 0 Å². The van der Waals surface area contributed by atoms with Crippen molar-refractivity contribution in [2.24, 2.45) is 0 Å². The van der Waals surface area contributed by atoms with E-state index >= 15 is 0 Å². The van der Waals surface area contributed by atoms with Gasteiger partial charge in [0, 0.05) is 17.3 Å². The number of hydrogen-bond donors (Lipinski definition) is 1. The van der Waals surface area contributed by atoms with Crippen molar-refractivity contribution in [3.63, 3.8) is 0 Å². The van der Waals surface area contributed by atoms with Gasteiger partial charge in [0.25, 0.3) is 5.91 Å². The number of aromatic nitrogens is 1. The molecule has 0 unspecified atom stereocenters. The number of anilines is 1. The molecular formula is C26H22ClN3O3. The first-order valence-corrected chi connectivity index (χ1v) is 11.0. The number of nitrogens with one attached hydrogen (secondary N) is 1. The van der Waals surface area contributed by atoms with Crippen LogP contribution in [-0.2, 0) is 17.9 Å². The Bertz CT molecular complexity index is 1300. The first-order chi connectivity index (χ1) is 16.0. The number of furan rings is 1. The summed E-state index contributed by atoms with van der Waals surface area (Å²) in [5, 5.41) is 3.58. The predicted molar refractivity (Wildman–Crippen MR) is 127 cm³/mol. The second-order valence-corrected chi connectivity index (χ2v) is 8.66. The van der Waals surface area contributed by atoms with Gasteiger partial charge in [-0.05, 0) is 61.0 Å². The maximum absolute atomic E-state index is 13.7. The summed E-state index contributed by atoms with van der Waals surface area (Å²) in [6.07, 6.45) is 1.59. The third-order valence-corrected chi connectivity index (χ3v) is 6.26. The van der Waals surface area contributed by atoms with Gasteiger partial charge < -0.3 is 14.3 Å². The molecule has 4 aromatic rings. The van der Waals surface area contributed by atoms with Crippen LogP contribution in [0.25, 0.3) is 11.5 Å². The Morgan fingerprint density at radius 3 is 2.42 bits per heavy atom. The number of amides is 2. The highest BCUT2D eigenvalue weighted by molar-refractivity contribution is 6.30. The second-order valence-electron chi connectivity index (χ2n) is 8.23. The van der Waals surface area contributed by atoms with Crippen molar-refractivity contribution in [3.8, 4) is 11.5 Å². The van der Waals surface area contributed by atoms with Crippen molar-refractivity contribution in [1.82, 2.24) is 9.88 Å². The van der Waals surface area contributed by atoms with E-state index in [2.05, 4.69) is 5.32 Å². The number of fused-ring (bicyclic) bond motifs is 1. The van der Waals surface area contributed by atoms with E-state index in [9.17, 15) is 9.59 Å². The highest BCUT2D eigenvalue weighted by Gasteiger charge is 2.48. The van der Waals surface area contributed by atoms with Crippen LogP contribution in [0, 0.1) is 0 Å². The third-order valence-electron chi connectivity index (χ3n) is 6.01. The van der Waals surface area contributed by atoms with Gasteiger partial charge in [0.2, 0.25) is 5.91 Å². The Morgan fingerprint density at radius 2 is 1.73 bits per heavy atom. The summed E-state index contributed by atoms with van der Waals surface area (Å²) in [5.41, 5.74) is 1.64. The quantitative estimate of drug-likeness (QED) is 0.449. The second kappa shape index (κ2) is 8.30. The lowest BCUT2D eigenvalue weighted by Crippen LogP contribution is -2.64. The van der Waals surface area contributed by atoms with E-state index in [0.717, 1.165) is 11.3 Å². The Hall–Kier alpha value is -3.77. The van der Waals surface area contributed by atoms with Crippen molar-refractivity contribution in [2.45, 2.75) is 25.6 Å². The number of hydrogen-bond acceptors (Lipinski definition) is 3. The zero-order valence-electron chi connectivity index (χ0n) is 18.0. The number of benzene rings is 2. The van der Waals surface area contributed by atoms with Gasteiger partial charge in [0.1, 0.15) is 17.0 Å². The van der Waals surface area contributed by atoms with Crippen LogP contribution in [0.5, 0.6) is 0 Å². The van der Waals surface area contributed by atoms with Gasteiger partial charge in [-0.15, -0.1) is 0 Å². The molecule has 2 aromatic heterocycles. The predicted octanol–water partition coefficient (Wildman–Crippen LogP) is 5.14. The molecule has 0 bridgehead atoms. The third kappa shape index (κ3) is 3.72. The van der Waals surface area contributed by atoms with Crippen LogP contribution >= 0.6 is 11.6 Å². The smallest absolute Gasteiger partial charge is 0.275 e. The summed E-state index contributed by atoms with van der Waals surface area (Å²) in [6, 6.07) is 23.9. The molecule has 0 spiro atoms. The van der Waals surface area contributed by atoms with Crippen LogP contribution in [0.3, 0.4) is 0 Å². The topological polar surface area (TPSA) is 67.5 Å². The van der Waals surface area contributed by atoms with Gasteiger partial charge in [0.05, 0.1) is 18.5 Å². The van der Waals surface area contributed by atoms with Crippen LogP contribution in [0.1, 0.15) is 23.0 Å². The van der Waals surface area contributed by atoms with E-state index in [4.69, 9.17) is 16.0 Å². The van der Waals surface area contributed by atoms with E-state index in [0.29, 0.717) is 28.7 Å². The minimum absolute atomic E-state index is 0.251. The van der Waals surface area contributed by atoms with E-state index in [-0.39, 0.29) is 18.4 Å². The highest BCUT2D eigenvalue weighted by Crippen LogP contribution is 2.36. The SMILES string of the molecule is C[C@]1(C(=O)NCc2ccccc2)Cn2c(ccc2-c2ccco2)C(=O)N1c1ccc(Cl)cc1. The Balaban J connectivity index is 1.56. The fraction of sp³-hybridized carbons (Fsp3) is 0.154. The van der Waals surface area contributed by atoms with Crippen LogP contribution in [-0.4, -0.2) is 21.9 Å². The van der Waals surface area contributed by atoms with E-state index < -0.39 is 5.54 Å². The standard InChI is InChI=1S/C26H22ClN3O3/c1-26(25(32)28-16-18-6-3-2-4-7-18)17-29-21(23-8-5-15-33-23)13-14-22(29)24(31)30(26)20-11-9-19(27)10-12-20/h2-15H,16-17H2,1H3,(H,28,32)/t26-/m1/s1. The van der Waals surface area contributed by atoms with Crippen molar-refractivity contribution in [2.75, 3.05) is 4.90 Å². The van der Waals surface area contributed by atoms with Crippen molar-refractivity contribution < 1.29 is 14.0 Å². The summed E-state index contributed by atoms with van der Waals surface area (Å²) in [4.78, 5) is 29.0. The molecular weight excluding hydrogens is 438 g/mol. The van der Waals surface area contributed by atoms with Gasteiger partial charge in [-0.25, -0.2) is 0 Å². The average Bonchev–Trinajstić information content (AvgIpc) is 3.49. The molecule has 3 heterocycles. The first-order valence-electron chi connectivity index (χ1n) is 10.6. The first kappa shape index (κ1) is 21.1. The van der Waals surface area contributed by atoms with Crippen LogP contribution in [0.15, 0.2) is 89.5 Å². The van der Waals surface area contributed by atoms with Crippen molar-refractivity contribution >= 4 is 29.1 Å². The molecule has 0 radical (unpaired) electrons. The molecule has 0 fully saturated rings. The van der Waals surface area contributed by atoms with Gasteiger partial charge >= 0.3 is 0 Å². The summed E-state index contributed by atoms with van der Waals surface area (Å²) in [7, 11) is 0.